The van der Waals surface area contributed by atoms with E-state index in [9.17, 15) is 9.50 Å². The Hall–Kier alpha value is -0.650. The zero-order valence-electron chi connectivity index (χ0n) is 11.2. The standard InChI is InChI=1S/C14H20BrFN2O/c1-17-5-7-18(8-6-17)4-2-3-11-9-12(15)10-13(16)14(11)19/h9-10,19H,2-8H2,1H3. The predicted molar refractivity (Wildman–Crippen MR) is 78.0 cm³/mol. The largest absolute Gasteiger partial charge is 0.505 e. The lowest BCUT2D eigenvalue weighted by Gasteiger charge is -2.32. The molecule has 0 atom stereocenters. The number of piperazine rings is 1. The first-order valence-corrected chi connectivity index (χ1v) is 7.43. The number of hydrogen-bond acceptors (Lipinski definition) is 3. The molecule has 1 N–H and O–H groups in total. The summed E-state index contributed by atoms with van der Waals surface area (Å²) in [6.45, 7) is 5.40. The lowest BCUT2D eigenvalue weighted by Crippen LogP contribution is -2.44. The van der Waals surface area contributed by atoms with E-state index >= 15 is 0 Å². The van der Waals surface area contributed by atoms with E-state index in [0.29, 0.717) is 16.5 Å². The number of hydrogen-bond donors (Lipinski definition) is 1. The summed E-state index contributed by atoms with van der Waals surface area (Å²) >= 11 is 3.26. The summed E-state index contributed by atoms with van der Waals surface area (Å²) in [5.74, 6) is -0.759. The Morgan fingerprint density at radius 1 is 1.26 bits per heavy atom. The van der Waals surface area contributed by atoms with Crippen LogP contribution in [-0.2, 0) is 6.42 Å². The molecule has 0 bridgehead atoms. The summed E-state index contributed by atoms with van der Waals surface area (Å²) in [6.07, 6.45) is 1.64. The molecule has 0 radical (unpaired) electrons. The molecule has 0 amide bonds. The van der Waals surface area contributed by atoms with Gasteiger partial charge in [-0.15, -0.1) is 0 Å². The van der Waals surface area contributed by atoms with Crippen molar-refractivity contribution in [2.75, 3.05) is 39.8 Å². The van der Waals surface area contributed by atoms with E-state index in [1.54, 1.807) is 6.07 Å². The van der Waals surface area contributed by atoms with Crippen molar-refractivity contribution >= 4 is 15.9 Å². The zero-order valence-corrected chi connectivity index (χ0v) is 12.8. The molecule has 1 heterocycles. The molecule has 1 aromatic carbocycles. The van der Waals surface area contributed by atoms with Crippen molar-refractivity contribution in [3.05, 3.63) is 28.0 Å². The highest BCUT2D eigenvalue weighted by Crippen LogP contribution is 2.27. The highest BCUT2D eigenvalue weighted by molar-refractivity contribution is 9.10. The highest BCUT2D eigenvalue weighted by Gasteiger charge is 2.14. The summed E-state index contributed by atoms with van der Waals surface area (Å²) in [7, 11) is 2.14. The molecule has 1 aliphatic heterocycles. The van der Waals surface area contributed by atoms with Crippen LogP contribution < -0.4 is 0 Å². The maximum atomic E-state index is 13.4. The van der Waals surface area contributed by atoms with Gasteiger partial charge in [-0.25, -0.2) is 4.39 Å². The van der Waals surface area contributed by atoms with Gasteiger partial charge in [0.05, 0.1) is 0 Å². The summed E-state index contributed by atoms with van der Waals surface area (Å²) in [5, 5.41) is 9.68. The van der Waals surface area contributed by atoms with Gasteiger partial charge in [-0.3, -0.25) is 0 Å². The Kier molecular flexibility index (Phi) is 5.19. The first-order valence-electron chi connectivity index (χ1n) is 6.64. The number of halogens is 2. The molecule has 2 rings (SSSR count). The molecule has 0 saturated carbocycles. The molecule has 0 aromatic heterocycles. The lowest BCUT2D eigenvalue weighted by atomic mass is 10.1. The fourth-order valence-corrected chi connectivity index (χ4v) is 2.85. The third kappa shape index (κ3) is 4.16. The second-order valence-corrected chi connectivity index (χ2v) is 6.06. The van der Waals surface area contributed by atoms with Gasteiger partial charge < -0.3 is 14.9 Å². The quantitative estimate of drug-likeness (QED) is 0.918. The van der Waals surface area contributed by atoms with Crippen LogP contribution in [0.1, 0.15) is 12.0 Å². The minimum Gasteiger partial charge on any atom is -0.505 e. The number of rotatable bonds is 4. The van der Waals surface area contributed by atoms with Crippen molar-refractivity contribution in [2.45, 2.75) is 12.8 Å². The fraction of sp³-hybridized carbons (Fsp3) is 0.571. The van der Waals surface area contributed by atoms with E-state index in [1.165, 1.54) is 6.07 Å². The number of likely N-dealkylation sites (N-methyl/N-ethyl adjacent to an activating group) is 1. The van der Waals surface area contributed by atoms with Gasteiger partial charge in [0.1, 0.15) is 0 Å². The molecule has 3 nitrogen and oxygen atoms in total. The Bertz CT molecular complexity index is 434. The molecule has 1 saturated heterocycles. The van der Waals surface area contributed by atoms with Crippen molar-refractivity contribution in [1.29, 1.82) is 0 Å². The normalized spacial score (nSPS) is 17.8. The number of phenols is 1. The summed E-state index contributed by atoms with van der Waals surface area (Å²) in [5.41, 5.74) is 0.681. The molecule has 0 spiro atoms. The number of aromatic hydroxyl groups is 1. The van der Waals surface area contributed by atoms with Gasteiger partial charge in [0.2, 0.25) is 0 Å². The van der Waals surface area contributed by atoms with Crippen molar-refractivity contribution in [2.24, 2.45) is 0 Å². The first kappa shape index (κ1) is 14.8. The molecule has 5 heteroatoms. The maximum absolute atomic E-state index is 13.4. The third-order valence-electron chi connectivity index (χ3n) is 3.62. The maximum Gasteiger partial charge on any atom is 0.166 e. The summed E-state index contributed by atoms with van der Waals surface area (Å²) in [4.78, 5) is 4.75. The van der Waals surface area contributed by atoms with Crippen LogP contribution in [-0.4, -0.2) is 54.7 Å². The van der Waals surface area contributed by atoms with Crippen molar-refractivity contribution in [1.82, 2.24) is 9.80 Å². The Balaban J connectivity index is 1.83. The second kappa shape index (κ2) is 6.68. The van der Waals surface area contributed by atoms with Crippen LogP contribution in [0.4, 0.5) is 4.39 Å². The summed E-state index contributed by atoms with van der Waals surface area (Å²) < 4.78 is 14.0. The molecular formula is C14H20BrFN2O. The average Bonchev–Trinajstić information content (AvgIpc) is 2.37. The molecular weight excluding hydrogens is 311 g/mol. The highest BCUT2D eigenvalue weighted by atomic mass is 79.9. The lowest BCUT2D eigenvalue weighted by molar-refractivity contribution is 0.153. The minimum atomic E-state index is -0.552. The fourth-order valence-electron chi connectivity index (χ4n) is 2.37. The smallest absolute Gasteiger partial charge is 0.166 e. The molecule has 106 valence electrons. The summed E-state index contributed by atoms with van der Waals surface area (Å²) in [6, 6.07) is 3.09. The monoisotopic (exact) mass is 330 g/mol. The van der Waals surface area contributed by atoms with Crippen LogP contribution in [0.25, 0.3) is 0 Å². The predicted octanol–water partition coefficient (Wildman–Crippen LogP) is 2.47. The van der Waals surface area contributed by atoms with Crippen LogP contribution >= 0.6 is 15.9 Å². The van der Waals surface area contributed by atoms with E-state index in [1.807, 2.05) is 0 Å². The topological polar surface area (TPSA) is 26.7 Å². The van der Waals surface area contributed by atoms with E-state index in [4.69, 9.17) is 0 Å². The van der Waals surface area contributed by atoms with Crippen LogP contribution in [0.5, 0.6) is 5.75 Å². The van der Waals surface area contributed by atoms with Crippen LogP contribution in [0.15, 0.2) is 16.6 Å². The number of benzene rings is 1. The number of nitrogens with zero attached hydrogens (tertiary/aromatic N) is 2. The van der Waals surface area contributed by atoms with Crippen LogP contribution in [0, 0.1) is 5.82 Å². The molecule has 19 heavy (non-hydrogen) atoms. The molecule has 1 aromatic rings. The second-order valence-electron chi connectivity index (χ2n) is 5.14. The van der Waals surface area contributed by atoms with Crippen molar-refractivity contribution in [3.8, 4) is 5.75 Å². The van der Waals surface area contributed by atoms with Crippen molar-refractivity contribution in [3.63, 3.8) is 0 Å². The number of aryl methyl sites for hydroxylation is 1. The molecule has 0 aliphatic carbocycles. The Morgan fingerprint density at radius 3 is 2.63 bits per heavy atom. The van der Waals surface area contributed by atoms with E-state index < -0.39 is 5.82 Å². The van der Waals surface area contributed by atoms with Crippen LogP contribution in [0.3, 0.4) is 0 Å². The van der Waals surface area contributed by atoms with Gasteiger partial charge >= 0.3 is 0 Å². The van der Waals surface area contributed by atoms with Gasteiger partial charge in [0.15, 0.2) is 11.6 Å². The Morgan fingerprint density at radius 2 is 1.95 bits per heavy atom. The van der Waals surface area contributed by atoms with E-state index in [2.05, 4.69) is 32.8 Å². The third-order valence-corrected chi connectivity index (χ3v) is 4.08. The van der Waals surface area contributed by atoms with Gasteiger partial charge in [-0.2, -0.15) is 0 Å². The number of phenolic OH excluding ortho intramolecular Hbond substituents is 1. The average molecular weight is 331 g/mol. The first-order chi connectivity index (χ1) is 9.06. The van der Waals surface area contributed by atoms with Gasteiger partial charge in [0, 0.05) is 30.7 Å². The molecule has 0 unspecified atom stereocenters. The van der Waals surface area contributed by atoms with Gasteiger partial charge in [0.25, 0.3) is 0 Å². The van der Waals surface area contributed by atoms with Crippen LogP contribution in [0.2, 0.25) is 0 Å². The van der Waals surface area contributed by atoms with E-state index in [0.717, 1.165) is 39.1 Å². The molecule has 1 fully saturated rings. The SMILES string of the molecule is CN1CCN(CCCc2cc(Br)cc(F)c2O)CC1. The van der Waals surface area contributed by atoms with E-state index in [-0.39, 0.29) is 5.75 Å². The van der Waals surface area contributed by atoms with Gasteiger partial charge in [-0.05, 0) is 44.1 Å². The zero-order chi connectivity index (χ0) is 13.8. The minimum absolute atomic E-state index is 0.207. The van der Waals surface area contributed by atoms with Crippen molar-refractivity contribution < 1.29 is 9.50 Å². The molecule has 1 aliphatic rings. The Labute approximate surface area is 122 Å². The van der Waals surface area contributed by atoms with Gasteiger partial charge in [-0.1, -0.05) is 15.9 Å².